The van der Waals surface area contributed by atoms with Gasteiger partial charge in [0.25, 0.3) is 5.91 Å². The molecule has 2 atom stereocenters. The van der Waals surface area contributed by atoms with Gasteiger partial charge in [0.15, 0.2) is 11.7 Å². The Labute approximate surface area is 182 Å². The summed E-state index contributed by atoms with van der Waals surface area (Å²) in [5.74, 6) is 0.360. The molecule has 1 aromatic heterocycles. The van der Waals surface area contributed by atoms with Crippen LogP contribution in [0.1, 0.15) is 54.3 Å². The molecule has 162 valence electrons. The van der Waals surface area contributed by atoms with Gasteiger partial charge in [0.2, 0.25) is 0 Å². The van der Waals surface area contributed by atoms with Crippen molar-refractivity contribution in [2.45, 2.75) is 44.4 Å². The van der Waals surface area contributed by atoms with Gasteiger partial charge in [0.1, 0.15) is 5.82 Å². The zero-order valence-corrected chi connectivity index (χ0v) is 17.7. The Balaban J connectivity index is 1.64. The number of alkyl halides is 3. The van der Waals surface area contributed by atoms with Crippen molar-refractivity contribution in [3.05, 3.63) is 45.6 Å². The number of nitrogens with zero attached hydrogens (tertiary/aromatic N) is 3. The Morgan fingerprint density at radius 2 is 1.87 bits per heavy atom. The van der Waals surface area contributed by atoms with E-state index in [9.17, 15) is 18.0 Å². The number of hydrogen-bond donors (Lipinski definition) is 1. The molecule has 0 saturated carbocycles. The molecule has 0 unspecified atom stereocenters. The van der Waals surface area contributed by atoms with Crippen LogP contribution in [0.15, 0.2) is 24.3 Å². The van der Waals surface area contributed by atoms with Crippen LogP contribution in [0.2, 0.25) is 10.0 Å². The number of halogens is 5. The van der Waals surface area contributed by atoms with E-state index in [0.717, 1.165) is 17.5 Å². The highest BCUT2D eigenvalue weighted by molar-refractivity contribution is 6.42. The van der Waals surface area contributed by atoms with Gasteiger partial charge in [0, 0.05) is 25.6 Å². The molecular formula is C20H21Cl2F3N4O. The Hall–Kier alpha value is -1.93. The van der Waals surface area contributed by atoms with Crippen LogP contribution in [0.25, 0.3) is 0 Å². The van der Waals surface area contributed by atoms with E-state index in [1.165, 1.54) is 6.07 Å². The first-order chi connectivity index (χ1) is 14.1. The first kappa shape index (κ1) is 21.3. The fourth-order valence-electron chi connectivity index (χ4n) is 4.00. The summed E-state index contributed by atoms with van der Waals surface area (Å²) in [5.41, 5.74) is 0.611. The summed E-state index contributed by atoms with van der Waals surface area (Å²) in [5, 5.41) is 7.73. The normalized spacial score (nSPS) is 22.5. The van der Waals surface area contributed by atoms with Crippen molar-refractivity contribution < 1.29 is 18.0 Å². The minimum Gasteiger partial charge on any atom is -0.363 e. The maximum Gasteiger partial charge on any atom is 0.410 e. The second-order valence-electron chi connectivity index (χ2n) is 8.00. The van der Waals surface area contributed by atoms with Crippen molar-refractivity contribution in [2.75, 3.05) is 18.4 Å². The van der Waals surface area contributed by atoms with E-state index in [-0.39, 0.29) is 28.9 Å². The number of likely N-dealkylation sites (tertiary alicyclic amines) is 1. The molecule has 2 aliphatic heterocycles. The van der Waals surface area contributed by atoms with Crippen molar-refractivity contribution in [3.8, 4) is 0 Å². The monoisotopic (exact) mass is 460 g/mol. The predicted molar refractivity (Wildman–Crippen MR) is 109 cm³/mol. The topological polar surface area (TPSA) is 50.2 Å². The molecule has 2 aromatic rings. The summed E-state index contributed by atoms with van der Waals surface area (Å²) in [6, 6.07) is 3.67. The van der Waals surface area contributed by atoms with Crippen LogP contribution in [0.4, 0.5) is 19.0 Å². The van der Waals surface area contributed by atoms with E-state index >= 15 is 0 Å². The zero-order chi connectivity index (χ0) is 21.6. The molecular weight excluding hydrogens is 440 g/mol. The highest BCUT2D eigenvalue weighted by Gasteiger charge is 2.47. The lowest BCUT2D eigenvalue weighted by Crippen LogP contribution is -2.38. The predicted octanol–water partition coefficient (Wildman–Crippen LogP) is 5.72. The lowest BCUT2D eigenvalue weighted by atomic mass is 9.97. The van der Waals surface area contributed by atoms with E-state index in [2.05, 4.69) is 17.3 Å². The fourth-order valence-corrected chi connectivity index (χ4v) is 4.31. The van der Waals surface area contributed by atoms with Crippen LogP contribution in [0.5, 0.6) is 0 Å². The Bertz CT molecular complexity index is 954. The number of rotatable bonds is 2. The molecule has 2 aliphatic rings. The van der Waals surface area contributed by atoms with Crippen LogP contribution in [0.3, 0.4) is 0 Å². The highest BCUT2D eigenvalue weighted by Crippen LogP contribution is 2.44. The minimum absolute atomic E-state index is 0.0242. The number of benzene rings is 1. The SMILES string of the molecule is CC1CCN(C(=O)c2cc3n(n2)[C@@H](C(F)(F)F)C[C@@H](c2ccc(Cl)c(Cl)c2)N3)CC1. The van der Waals surface area contributed by atoms with Crippen molar-refractivity contribution >= 4 is 34.9 Å². The van der Waals surface area contributed by atoms with Gasteiger partial charge in [-0.15, -0.1) is 0 Å². The smallest absolute Gasteiger partial charge is 0.363 e. The number of aromatic nitrogens is 2. The summed E-state index contributed by atoms with van der Waals surface area (Å²) in [7, 11) is 0. The van der Waals surface area contributed by atoms with Gasteiger partial charge in [-0.2, -0.15) is 18.3 Å². The Kier molecular flexibility index (Phi) is 5.66. The second kappa shape index (κ2) is 7.96. The van der Waals surface area contributed by atoms with Gasteiger partial charge in [0.05, 0.1) is 16.1 Å². The summed E-state index contributed by atoms with van der Waals surface area (Å²) in [6.07, 6.45) is -3.03. The lowest BCUT2D eigenvalue weighted by Gasteiger charge is -2.33. The molecule has 0 radical (unpaired) electrons. The average Bonchev–Trinajstić information content (AvgIpc) is 3.12. The van der Waals surface area contributed by atoms with E-state index in [1.807, 2.05) is 0 Å². The van der Waals surface area contributed by atoms with E-state index < -0.39 is 18.3 Å². The van der Waals surface area contributed by atoms with Crippen LogP contribution in [-0.2, 0) is 0 Å². The van der Waals surface area contributed by atoms with Crippen LogP contribution in [-0.4, -0.2) is 39.9 Å². The van der Waals surface area contributed by atoms with Gasteiger partial charge in [-0.05, 0) is 36.5 Å². The lowest BCUT2D eigenvalue weighted by molar-refractivity contribution is -0.173. The van der Waals surface area contributed by atoms with Crippen molar-refractivity contribution in [1.82, 2.24) is 14.7 Å². The van der Waals surface area contributed by atoms with Crippen molar-refractivity contribution in [3.63, 3.8) is 0 Å². The van der Waals surface area contributed by atoms with Crippen molar-refractivity contribution in [2.24, 2.45) is 5.92 Å². The number of amides is 1. The largest absolute Gasteiger partial charge is 0.410 e. The quantitative estimate of drug-likeness (QED) is 0.622. The number of carbonyl (C=O) groups excluding carboxylic acids is 1. The zero-order valence-electron chi connectivity index (χ0n) is 16.2. The highest BCUT2D eigenvalue weighted by atomic mass is 35.5. The maximum atomic E-state index is 13.8. The molecule has 10 heteroatoms. The number of hydrogen-bond acceptors (Lipinski definition) is 3. The van der Waals surface area contributed by atoms with Gasteiger partial charge >= 0.3 is 6.18 Å². The molecule has 3 heterocycles. The number of nitrogens with one attached hydrogen (secondary N) is 1. The number of anilines is 1. The first-order valence-electron chi connectivity index (χ1n) is 9.80. The Morgan fingerprint density at radius 1 is 1.17 bits per heavy atom. The second-order valence-corrected chi connectivity index (χ2v) is 8.81. The molecule has 1 saturated heterocycles. The number of piperidine rings is 1. The van der Waals surface area contributed by atoms with Gasteiger partial charge in [-0.25, -0.2) is 4.68 Å². The molecule has 1 fully saturated rings. The van der Waals surface area contributed by atoms with Crippen LogP contribution < -0.4 is 5.32 Å². The van der Waals surface area contributed by atoms with Gasteiger partial charge in [-0.3, -0.25) is 4.79 Å². The van der Waals surface area contributed by atoms with Crippen molar-refractivity contribution in [1.29, 1.82) is 0 Å². The van der Waals surface area contributed by atoms with Crippen LogP contribution >= 0.6 is 23.2 Å². The maximum absolute atomic E-state index is 13.8. The first-order valence-corrected chi connectivity index (χ1v) is 10.6. The minimum atomic E-state index is -4.52. The molecule has 0 bridgehead atoms. The molecule has 30 heavy (non-hydrogen) atoms. The van der Waals surface area contributed by atoms with E-state index in [0.29, 0.717) is 29.6 Å². The number of fused-ring (bicyclic) bond motifs is 1. The standard InChI is InChI=1S/C20H21Cl2F3N4O/c1-11-4-6-28(7-5-11)19(30)16-10-18-26-15(12-2-3-13(21)14(22)8-12)9-17(20(23,24)25)29(18)27-16/h2-3,8,10-11,15,17,26H,4-7,9H2,1H3/t15-,17+/m0/s1. The molecule has 0 aliphatic carbocycles. The summed E-state index contributed by atoms with van der Waals surface area (Å²) in [4.78, 5) is 14.5. The molecule has 5 nitrogen and oxygen atoms in total. The molecule has 1 aromatic carbocycles. The molecule has 0 spiro atoms. The summed E-state index contributed by atoms with van der Waals surface area (Å²) >= 11 is 12.0. The average molecular weight is 461 g/mol. The van der Waals surface area contributed by atoms with E-state index in [4.69, 9.17) is 23.2 Å². The van der Waals surface area contributed by atoms with E-state index in [1.54, 1.807) is 23.1 Å². The molecule has 1 amide bonds. The molecule has 4 rings (SSSR count). The summed E-state index contributed by atoms with van der Waals surface area (Å²) in [6.45, 7) is 3.30. The third kappa shape index (κ3) is 4.12. The van der Waals surface area contributed by atoms with Gasteiger partial charge in [-0.1, -0.05) is 36.2 Å². The number of carbonyl (C=O) groups is 1. The van der Waals surface area contributed by atoms with Gasteiger partial charge < -0.3 is 10.2 Å². The fraction of sp³-hybridized carbons (Fsp3) is 0.500. The third-order valence-electron chi connectivity index (χ3n) is 5.83. The Morgan fingerprint density at radius 3 is 2.50 bits per heavy atom. The third-order valence-corrected chi connectivity index (χ3v) is 6.56. The van der Waals surface area contributed by atoms with Crippen LogP contribution in [0, 0.1) is 5.92 Å². The molecule has 1 N–H and O–H groups in total. The summed E-state index contributed by atoms with van der Waals surface area (Å²) < 4.78 is 42.4.